The summed E-state index contributed by atoms with van der Waals surface area (Å²) in [5, 5.41) is 20.0. The summed E-state index contributed by atoms with van der Waals surface area (Å²) in [6, 6.07) is 3.32. The maximum absolute atomic E-state index is 11.7. The molecule has 7 heteroatoms. The molecule has 2 N–H and O–H groups in total. The van der Waals surface area contributed by atoms with Gasteiger partial charge in [0.15, 0.2) is 5.69 Å². The fraction of sp³-hybridized carbons (Fsp3) is 0.364. The molecule has 0 fully saturated rings. The smallest absolute Gasteiger partial charge is 0.273 e. The molecule has 2 aromatic heterocycles. The van der Waals surface area contributed by atoms with E-state index < -0.39 is 11.5 Å². The second kappa shape index (κ2) is 4.61. The average molecular weight is 250 g/mol. The van der Waals surface area contributed by atoms with Crippen LogP contribution in [0.2, 0.25) is 0 Å². The topological polar surface area (TPSA) is 93.2 Å². The van der Waals surface area contributed by atoms with E-state index in [0.29, 0.717) is 5.76 Å². The van der Waals surface area contributed by atoms with E-state index in [9.17, 15) is 9.90 Å². The molecule has 18 heavy (non-hydrogen) atoms. The monoisotopic (exact) mass is 250 g/mol. The third-order valence-electron chi connectivity index (χ3n) is 2.48. The number of amides is 1. The molecule has 0 aliphatic heterocycles. The molecule has 2 heterocycles. The Morgan fingerprint density at radius 1 is 1.67 bits per heavy atom. The molecule has 0 aromatic carbocycles. The summed E-state index contributed by atoms with van der Waals surface area (Å²) in [6.07, 6.45) is 2.96. The number of rotatable bonds is 4. The molecular formula is C11H14N4O3. The van der Waals surface area contributed by atoms with Crippen LogP contribution in [0.4, 0.5) is 0 Å². The standard InChI is InChI=1S/C11H14N4O3/c1-11(17,9-4-3-5-18-9)7-12-10(16)8-6-15(2)14-13-8/h3-6,17H,7H2,1-2H3,(H,12,16)/t11-/m1/s1. The van der Waals surface area contributed by atoms with Gasteiger partial charge in [-0.1, -0.05) is 5.21 Å². The van der Waals surface area contributed by atoms with E-state index in [0.717, 1.165) is 0 Å². The van der Waals surface area contributed by atoms with Gasteiger partial charge in [0.2, 0.25) is 0 Å². The molecule has 1 atom stereocenters. The quantitative estimate of drug-likeness (QED) is 0.799. The summed E-state index contributed by atoms with van der Waals surface area (Å²) in [4.78, 5) is 11.7. The Kier molecular flexibility index (Phi) is 3.15. The Balaban J connectivity index is 1.98. The van der Waals surface area contributed by atoms with Gasteiger partial charge in [-0.3, -0.25) is 9.48 Å². The van der Waals surface area contributed by atoms with Crippen LogP contribution in [-0.4, -0.2) is 32.6 Å². The van der Waals surface area contributed by atoms with Gasteiger partial charge in [0.1, 0.15) is 11.4 Å². The maximum atomic E-state index is 11.7. The number of aromatic nitrogens is 3. The summed E-state index contributed by atoms with van der Waals surface area (Å²) >= 11 is 0. The van der Waals surface area contributed by atoms with Crippen molar-refractivity contribution in [2.24, 2.45) is 7.05 Å². The predicted molar refractivity (Wildman–Crippen MR) is 61.6 cm³/mol. The molecule has 2 rings (SSSR count). The largest absolute Gasteiger partial charge is 0.466 e. The van der Waals surface area contributed by atoms with Crippen LogP contribution in [0.1, 0.15) is 23.2 Å². The van der Waals surface area contributed by atoms with Crippen LogP contribution >= 0.6 is 0 Å². The lowest BCUT2D eigenvalue weighted by atomic mass is 10.0. The minimum absolute atomic E-state index is 0.0237. The minimum atomic E-state index is -1.26. The molecule has 7 nitrogen and oxygen atoms in total. The van der Waals surface area contributed by atoms with Crippen molar-refractivity contribution in [3.63, 3.8) is 0 Å². The fourth-order valence-electron chi connectivity index (χ4n) is 1.47. The third-order valence-corrected chi connectivity index (χ3v) is 2.48. The summed E-state index contributed by atoms with van der Waals surface area (Å²) in [5.74, 6) is -0.00289. The Morgan fingerprint density at radius 2 is 2.44 bits per heavy atom. The highest BCUT2D eigenvalue weighted by Gasteiger charge is 2.27. The van der Waals surface area contributed by atoms with Crippen LogP contribution in [0.3, 0.4) is 0 Å². The molecule has 0 aliphatic rings. The number of carbonyl (C=O) groups excluding carboxylic acids is 1. The van der Waals surface area contributed by atoms with Gasteiger partial charge in [-0.25, -0.2) is 0 Å². The Bertz CT molecular complexity index is 530. The van der Waals surface area contributed by atoms with Crippen LogP contribution in [0.5, 0.6) is 0 Å². The first-order chi connectivity index (χ1) is 8.49. The highest BCUT2D eigenvalue weighted by molar-refractivity contribution is 5.91. The SMILES string of the molecule is Cn1cc(C(=O)NC[C@@](C)(O)c2ccco2)nn1. The zero-order valence-corrected chi connectivity index (χ0v) is 10.1. The average Bonchev–Trinajstić information content (AvgIpc) is 2.96. The second-order valence-electron chi connectivity index (χ2n) is 4.21. The molecule has 1 amide bonds. The molecule has 0 saturated carbocycles. The summed E-state index contributed by atoms with van der Waals surface area (Å²) < 4.78 is 6.54. The van der Waals surface area contributed by atoms with Gasteiger partial charge >= 0.3 is 0 Å². The van der Waals surface area contributed by atoms with Crippen molar-refractivity contribution in [2.75, 3.05) is 6.54 Å². The van der Waals surface area contributed by atoms with Crippen LogP contribution in [0.15, 0.2) is 29.0 Å². The number of hydrogen-bond acceptors (Lipinski definition) is 5. The van der Waals surface area contributed by atoms with Gasteiger partial charge in [0.25, 0.3) is 5.91 Å². The third kappa shape index (κ3) is 2.57. The fourth-order valence-corrected chi connectivity index (χ4v) is 1.47. The van der Waals surface area contributed by atoms with Crippen LogP contribution < -0.4 is 5.32 Å². The molecule has 0 spiro atoms. The molecule has 2 aromatic rings. The van der Waals surface area contributed by atoms with Crippen molar-refractivity contribution >= 4 is 5.91 Å². The first-order valence-corrected chi connectivity index (χ1v) is 5.40. The van der Waals surface area contributed by atoms with E-state index in [1.54, 1.807) is 26.1 Å². The number of nitrogens with one attached hydrogen (secondary N) is 1. The number of aliphatic hydroxyl groups is 1. The van der Waals surface area contributed by atoms with Crippen molar-refractivity contribution < 1.29 is 14.3 Å². The molecule has 0 bridgehead atoms. The zero-order chi connectivity index (χ0) is 13.2. The number of aryl methyl sites for hydroxylation is 1. The van der Waals surface area contributed by atoms with E-state index in [2.05, 4.69) is 15.6 Å². The van der Waals surface area contributed by atoms with Gasteiger partial charge in [-0.2, -0.15) is 0 Å². The maximum Gasteiger partial charge on any atom is 0.273 e. The lowest BCUT2D eigenvalue weighted by Crippen LogP contribution is -2.38. The molecule has 0 saturated heterocycles. The number of nitrogens with zero attached hydrogens (tertiary/aromatic N) is 3. The van der Waals surface area contributed by atoms with Gasteiger partial charge in [-0.15, -0.1) is 5.10 Å². The lowest BCUT2D eigenvalue weighted by Gasteiger charge is -2.20. The van der Waals surface area contributed by atoms with E-state index in [1.165, 1.54) is 17.1 Å². The van der Waals surface area contributed by atoms with E-state index in [4.69, 9.17) is 4.42 Å². The lowest BCUT2D eigenvalue weighted by molar-refractivity contribution is 0.0329. The van der Waals surface area contributed by atoms with Gasteiger partial charge < -0.3 is 14.8 Å². The van der Waals surface area contributed by atoms with Crippen molar-refractivity contribution in [1.29, 1.82) is 0 Å². The van der Waals surface area contributed by atoms with Crippen molar-refractivity contribution in [3.05, 3.63) is 36.0 Å². The van der Waals surface area contributed by atoms with Crippen molar-refractivity contribution in [2.45, 2.75) is 12.5 Å². The van der Waals surface area contributed by atoms with Crippen molar-refractivity contribution in [1.82, 2.24) is 20.3 Å². The summed E-state index contributed by atoms with van der Waals surface area (Å²) in [7, 11) is 1.67. The molecule has 96 valence electrons. The van der Waals surface area contributed by atoms with E-state index >= 15 is 0 Å². The number of furan rings is 1. The number of hydrogen-bond donors (Lipinski definition) is 2. The zero-order valence-electron chi connectivity index (χ0n) is 10.1. The van der Waals surface area contributed by atoms with Gasteiger partial charge in [0, 0.05) is 7.05 Å². The minimum Gasteiger partial charge on any atom is -0.466 e. The van der Waals surface area contributed by atoms with Crippen LogP contribution in [0.25, 0.3) is 0 Å². The molecule has 0 unspecified atom stereocenters. The normalized spacial score (nSPS) is 14.2. The highest BCUT2D eigenvalue weighted by Crippen LogP contribution is 2.19. The Labute approximate surface area is 103 Å². The Morgan fingerprint density at radius 3 is 3.00 bits per heavy atom. The van der Waals surface area contributed by atoms with E-state index in [1.807, 2.05) is 0 Å². The molecular weight excluding hydrogens is 236 g/mol. The predicted octanol–water partition coefficient (Wildman–Crippen LogP) is 0.0456. The van der Waals surface area contributed by atoms with Crippen molar-refractivity contribution in [3.8, 4) is 0 Å². The Hall–Kier alpha value is -2.15. The van der Waals surface area contributed by atoms with Crippen LogP contribution in [0, 0.1) is 0 Å². The van der Waals surface area contributed by atoms with Crippen LogP contribution in [-0.2, 0) is 12.6 Å². The summed E-state index contributed by atoms with van der Waals surface area (Å²) in [5.41, 5.74) is -1.06. The second-order valence-corrected chi connectivity index (χ2v) is 4.21. The van der Waals surface area contributed by atoms with Gasteiger partial charge in [-0.05, 0) is 19.1 Å². The highest BCUT2D eigenvalue weighted by atomic mass is 16.4. The van der Waals surface area contributed by atoms with Gasteiger partial charge in [0.05, 0.1) is 19.0 Å². The number of carbonyl (C=O) groups is 1. The molecule has 0 aliphatic carbocycles. The summed E-state index contributed by atoms with van der Waals surface area (Å²) in [6.45, 7) is 1.58. The first kappa shape index (κ1) is 12.3. The molecule has 0 radical (unpaired) electrons. The first-order valence-electron chi connectivity index (χ1n) is 5.40. The van der Waals surface area contributed by atoms with E-state index in [-0.39, 0.29) is 12.2 Å².